The number of benzene rings is 4. The van der Waals surface area contributed by atoms with Crippen LogP contribution in [0.2, 0.25) is 0 Å². The van der Waals surface area contributed by atoms with Gasteiger partial charge in [0.05, 0.1) is 49.4 Å². The maximum Gasteiger partial charge on any atom is 0 e. The molecule has 4 aromatic carbocycles. The quantitative estimate of drug-likeness (QED) is 0.0278. The molecule has 0 heterocycles. The van der Waals surface area contributed by atoms with Crippen LogP contribution in [0.4, 0.5) is 0 Å². The summed E-state index contributed by atoms with van der Waals surface area (Å²) in [5.74, 6) is 0. The maximum atomic E-state index is 9.89. The number of carbonyl (C=O) groups is 1. The van der Waals surface area contributed by atoms with E-state index in [1.165, 1.54) is 97.8 Å². The van der Waals surface area contributed by atoms with E-state index in [9.17, 15) is 4.79 Å². The molecule has 0 fully saturated rings. The summed E-state index contributed by atoms with van der Waals surface area (Å²) < 4.78 is 0. The second-order valence-corrected chi connectivity index (χ2v) is 18.5. The molecule has 6 nitrogen and oxygen atoms in total. The summed E-state index contributed by atoms with van der Waals surface area (Å²) in [5.41, 5.74) is 5.31. The maximum absolute atomic E-state index is 9.89. The number of aldehydes is 1. The molecule has 0 aliphatic heterocycles. The molecular formula is C47H72ClN2O4P2Ru+3. The number of nitrogens with zero attached hydrogens (tertiary/aromatic N) is 1. The summed E-state index contributed by atoms with van der Waals surface area (Å²) in [7, 11) is 5.37. The number of unbranched alkanes of at least 4 members (excludes halogenated alkanes) is 10. The van der Waals surface area contributed by atoms with E-state index in [-0.39, 0.29) is 7.58 Å². The third-order valence-corrected chi connectivity index (χ3v) is 14.5. The van der Waals surface area contributed by atoms with E-state index >= 15 is 0 Å². The minimum atomic E-state index is -0.769. The molecule has 0 aromatic heterocycles. The number of rotatable bonds is 22. The van der Waals surface area contributed by atoms with Gasteiger partial charge in [-0.05, 0) is 75.0 Å². The number of hydrogen-bond donors (Lipinski definition) is 1. The Morgan fingerprint density at radius 1 is 0.596 bits per heavy atom. The Kier molecular flexibility index (Phi) is 43.9. The van der Waals surface area contributed by atoms with Crippen LogP contribution in [-0.2, 0) is 36.5 Å². The third kappa shape index (κ3) is 31.0. The zero-order valence-electron chi connectivity index (χ0n) is 34.6. The van der Waals surface area contributed by atoms with Crippen molar-refractivity contribution in [2.75, 3.05) is 39.0 Å². The molecule has 316 valence electrons. The molecule has 0 aliphatic carbocycles. The summed E-state index contributed by atoms with van der Waals surface area (Å²) in [6.45, 7) is 10.8. The van der Waals surface area contributed by atoms with Crippen molar-refractivity contribution in [3.05, 3.63) is 121 Å². The van der Waals surface area contributed by atoms with Gasteiger partial charge in [0.1, 0.15) is 6.29 Å². The van der Waals surface area contributed by atoms with E-state index < -0.39 is 15.8 Å². The minimum Gasteiger partial charge on any atom is 0 e. The summed E-state index contributed by atoms with van der Waals surface area (Å²) in [5, 5.41) is 6.04. The van der Waals surface area contributed by atoms with Gasteiger partial charge in [0.2, 0.25) is 0 Å². The van der Waals surface area contributed by atoms with Crippen LogP contribution >= 0.6 is 25.5 Å². The topological polar surface area (TPSA) is 97.5 Å². The summed E-state index contributed by atoms with van der Waals surface area (Å²) in [6, 6.07) is 44.4. The second-order valence-electron chi connectivity index (χ2n) is 13.2. The molecule has 10 heteroatoms. The van der Waals surface area contributed by atoms with Crippen LogP contribution in [0.3, 0.4) is 0 Å². The van der Waals surface area contributed by atoms with Crippen LogP contribution in [0.15, 0.2) is 121 Å². The van der Waals surface area contributed by atoms with E-state index in [1.54, 1.807) is 17.3 Å². The normalized spacial score (nSPS) is 9.77. The Bertz CT molecular complexity index is 1280. The molecule has 2 N–H and O–H groups in total. The molecule has 4 aromatic rings. The van der Waals surface area contributed by atoms with Crippen molar-refractivity contribution < 1.29 is 37.9 Å². The van der Waals surface area contributed by atoms with E-state index in [1.807, 2.05) is 0 Å². The first kappa shape index (κ1) is 56.4. The van der Waals surface area contributed by atoms with E-state index in [0.717, 1.165) is 38.8 Å². The minimum absolute atomic E-state index is 0. The predicted molar refractivity (Wildman–Crippen MR) is 251 cm³/mol. The van der Waals surface area contributed by atoms with Gasteiger partial charge in [-0.15, -0.1) is 0 Å². The Morgan fingerprint density at radius 3 is 1.16 bits per heavy atom. The molecule has 0 aliphatic rings. The van der Waals surface area contributed by atoms with Gasteiger partial charge in [0.15, 0.2) is 0 Å². The first-order valence-electron chi connectivity index (χ1n) is 20.2. The standard InChI is InChI=1S/C29H31NP2.C9H18O.C7H17N.CO2.CHO.ClH.Ru.H2.H/c1-30(22-24-31(26-14-6-2-7-15-26)27-16-8-3-9-17-27)23-25-32(28-18-10-4-11-19-28)29-20-12-5-13-21-29;1-2-3-4-5-6-7-8-9-10;1-2-3-4-5-6-7-8;2-1-3;1-2;;;;/h2-21H,22-25H2,1H3;9H,2-8H2,1H3;2-8H2,1H3;;1H;1H;;1H;/q;;;;-1;;+3;;/p+1. The van der Waals surface area contributed by atoms with Crippen molar-refractivity contribution in [3.8, 4) is 0 Å². The summed E-state index contributed by atoms with van der Waals surface area (Å²) in [4.78, 5) is 36.4. The molecular weight excluding hydrogens is 855 g/mol. The van der Waals surface area contributed by atoms with Crippen molar-refractivity contribution in [1.82, 2.24) is 4.90 Å². The van der Waals surface area contributed by atoms with Crippen LogP contribution in [-0.4, -0.2) is 63.1 Å². The summed E-state index contributed by atoms with van der Waals surface area (Å²) in [6.07, 6.45) is 18.7. The fourth-order valence-corrected chi connectivity index (χ4v) is 11.4. The number of hydrogen-bond acceptors (Lipinski definition) is 6. The molecule has 0 saturated heterocycles. The van der Waals surface area contributed by atoms with Gasteiger partial charge >= 0.3 is 33.2 Å². The third-order valence-electron chi connectivity index (χ3n) is 8.96. The molecule has 0 atom stereocenters. The average Bonchev–Trinajstić information content (AvgIpc) is 3.27. The van der Waals surface area contributed by atoms with Crippen LogP contribution in [0.25, 0.3) is 0 Å². The summed E-state index contributed by atoms with van der Waals surface area (Å²) >= 11 is 1.62. The molecule has 0 bridgehead atoms. The van der Waals surface area contributed by atoms with Crippen molar-refractivity contribution in [2.45, 2.75) is 90.9 Å². The van der Waals surface area contributed by atoms with Gasteiger partial charge in [-0.3, -0.25) is 11.7 Å². The Morgan fingerprint density at radius 2 is 0.877 bits per heavy atom. The van der Waals surface area contributed by atoms with Crippen LogP contribution in [0.5, 0.6) is 0 Å². The monoisotopic (exact) mass is 927 g/mol. The number of carbonyl (C=O) groups excluding carboxylic acids is 4. The Balaban J connectivity index is -0.000000960. The smallest absolute Gasteiger partial charge is 0 e. The van der Waals surface area contributed by atoms with E-state index in [0.29, 0.717) is 0 Å². The molecule has 57 heavy (non-hydrogen) atoms. The molecule has 0 amide bonds. The van der Waals surface area contributed by atoms with Gasteiger partial charge in [0.25, 0.3) is 0 Å². The predicted octanol–water partition coefficient (Wildman–Crippen LogP) is 9.31. The SMILES string of the molecule is CCCCCCCCC=O.CCCCCCCN.CN(CC[PH+](c1ccccc1)c1ccccc1)CC[PH+](c1ccccc1)c1ccccc1.O=C=O.[CH-]=O.[Cl][RuH+2].[HH]. The number of nitrogens with two attached hydrogens (primary N) is 1. The van der Waals surface area contributed by atoms with Crippen molar-refractivity contribution >= 4 is 66.0 Å². The first-order valence-corrected chi connectivity index (χ1v) is 26.0. The molecule has 0 spiro atoms. The van der Waals surface area contributed by atoms with Gasteiger partial charge in [-0.25, -0.2) is 0 Å². The van der Waals surface area contributed by atoms with Gasteiger partial charge in [-0.2, -0.15) is 9.59 Å². The Labute approximate surface area is 363 Å². The van der Waals surface area contributed by atoms with Crippen LogP contribution < -0.4 is 27.0 Å². The second kappa shape index (κ2) is 44.4. The van der Waals surface area contributed by atoms with Gasteiger partial charge in [0, 0.05) is 20.9 Å². The largest absolute Gasteiger partial charge is 0 e. The zero-order valence-corrected chi connectivity index (χ0v) is 39.3. The zero-order chi connectivity index (χ0) is 42.6. The fraction of sp³-hybridized carbons (Fsp3) is 0.426. The van der Waals surface area contributed by atoms with Crippen molar-refractivity contribution in [1.29, 1.82) is 0 Å². The molecule has 0 unspecified atom stereocenters. The average molecular weight is 928 g/mol. The molecule has 0 saturated carbocycles. The van der Waals surface area contributed by atoms with Crippen molar-refractivity contribution in [3.63, 3.8) is 0 Å². The van der Waals surface area contributed by atoms with Crippen LogP contribution in [0.1, 0.15) is 92.3 Å². The van der Waals surface area contributed by atoms with Gasteiger partial charge in [-0.1, -0.05) is 144 Å². The van der Waals surface area contributed by atoms with Crippen molar-refractivity contribution in [2.24, 2.45) is 5.73 Å². The van der Waals surface area contributed by atoms with Crippen LogP contribution in [0, 0.1) is 0 Å². The first-order chi connectivity index (χ1) is 28.1. The molecule has 0 radical (unpaired) electrons. The van der Waals surface area contributed by atoms with Gasteiger partial charge < -0.3 is 15.3 Å². The fourth-order valence-electron chi connectivity index (χ4n) is 5.94. The van der Waals surface area contributed by atoms with E-state index in [4.69, 9.17) is 20.1 Å². The Hall–Kier alpha value is -2.71. The number of halogens is 1. The molecule has 4 rings (SSSR count). The van der Waals surface area contributed by atoms with E-state index in [2.05, 4.69) is 164 Å².